The van der Waals surface area contributed by atoms with Crippen molar-refractivity contribution in [1.82, 2.24) is 5.32 Å². The second kappa shape index (κ2) is 9.04. The Morgan fingerprint density at radius 2 is 1.73 bits per heavy atom. The molecule has 0 fully saturated rings. The number of hydrogen-bond acceptors (Lipinski definition) is 6. The highest BCUT2D eigenvalue weighted by Gasteiger charge is 2.32. The number of carbonyl (C=O) groups excluding carboxylic acids is 1. The second-order valence-electron chi connectivity index (χ2n) is 6.64. The third kappa shape index (κ3) is 4.49. The van der Waals surface area contributed by atoms with E-state index in [0.29, 0.717) is 17.1 Å². The number of nitrogens with one attached hydrogen (secondary N) is 1. The standard InChI is InChI=1S/C22H23NO6S/c1-15-6-9-17(10-7-15)30(25,26)21(19-5-4-12-29-19)14-23-22(24)16-8-11-18(27-2)20(13-16)28-3/h4-13,21H,14H2,1-3H3,(H,23,24)/t21-/m0/s1. The van der Waals surface area contributed by atoms with E-state index in [2.05, 4.69) is 5.32 Å². The van der Waals surface area contributed by atoms with Gasteiger partial charge in [-0.05, 0) is 49.4 Å². The van der Waals surface area contributed by atoms with E-state index in [9.17, 15) is 13.2 Å². The smallest absolute Gasteiger partial charge is 0.251 e. The number of amides is 1. The SMILES string of the molecule is COc1ccc(C(=O)NC[C@@H](c2ccco2)S(=O)(=O)c2ccc(C)cc2)cc1OC. The number of hydrogen-bond donors (Lipinski definition) is 1. The van der Waals surface area contributed by atoms with E-state index < -0.39 is 21.0 Å². The quantitative estimate of drug-likeness (QED) is 0.588. The molecule has 30 heavy (non-hydrogen) atoms. The number of methoxy groups -OCH3 is 2. The van der Waals surface area contributed by atoms with E-state index in [0.717, 1.165) is 5.56 Å². The molecule has 0 aliphatic carbocycles. The van der Waals surface area contributed by atoms with Gasteiger partial charge in [-0.3, -0.25) is 4.79 Å². The van der Waals surface area contributed by atoms with Gasteiger partial charge < -0.3 is 19.2 Å². The van der Waals surface area contributed by atoms with Gasteiger partial charge in [-0.2, -0.15) is 0 Å². The Kier molecular flexibility index (Phi) is 6.47. The maximum absolute atomic E-state index is 13.2. The van der Waals surface area contributed by atoms with Crippen molar-refractivity contribution in [3.05, 3.63) is 77.7 Å². The molecule has 0 aliphatic rings. The van der Waals surface area contributed by atoms with Crippen molar-refractivity contribution < 1.29 is 27.1 Å². The molecule has 0 unspecified atom stereocenters. The summed E-state index contributed by atoms with van der Waals surface area (Å²) < 4.78 is 42.2. The molecular weight excluding hydrogens is 406 g/mol. The molecule has 0 spiro atoms. The van der Waals surface area contributed by atoms with Gasteiger partial charge in [0.1, 0.15) is 11.0 Å². The predicted molar refractivity (Wildman–Crippen MR) is 112 cm³/mol. The predicted octanol–water partition coefficient (Wildman–Crippen LogP) is 3.55. The number of sulfone groups is 1. The van der Waals surface area contributed by atoms with Gasteiger partial charge in [0.2, 0.25) is 0 Å². The van der Waals surface area contributed by atoms with Gasteiger partial charge in [-0.1, -0.05) is 17.7 Å². The Morgan fingerprint density at radius 3 is 2.33 bits per heavy atom. The third-order valence-corrected chi connectivity index (χ3v) is 6.76. The second-order valence-corrected chi connectivity index (χ2v) is 8.77. The van der Waals surface area contributed by atoms with Crippen molar-refractivity contribution in [2.24, 2.45) is 0 Å². The van der Waals surface area contributed by atoms with Crippen molar-refractivity contribution in [2.45, 2.75) is 17.1 Å². The fourth-order valence-corrected chi connectivity index (χ4v) is 4.58. The first kappa shape index (κ1) is 21.4. The highest BCUT2D eigenvalue weighted by Crippen LogP contribution is 2.30. The number of aryl methyl sites for hydroxylation is 1. The molecule has 3 aromatic rings. The molecule has 1 amide bonds. The number of ether oxygens (including phenoxy) is 2. The summed E-state index contributed by atoms with van der Waals surface area (Å²) in [6.07, 6.45) is 1.41. The Labute approximate surface area is 175 Å². The fraction of sp³-hybridized carbons (Fsp3) is 0.227. The van der Waals surface area contributed by atoms with Crippen LogP contribution < -0.4 is 14.8 Å². The average Bonchev–Trinajstić information content (AvgIpc) is 3.27. The van der Waals surface area contributed by atoms with Gasteiger partial charge in [-0.25, -0.2) is 8.42 Å². The highest BCUT2D eigenvalue weighted by atomic mass is 32.2. The van der Waals surface area contributed by atoms with E-state index >= 15 is 0 Å². The normalized spacial score (nSPS) is 12.2. The van der Waals surface area contributed by atoms with Gasteiger partial charge in [0.05, 0.1) is 25.4 Å². The summed E-state index contributed by atoms with van der Waals surface area (Å²) in [4.78, 5) is 12.8. The fourth-order valence-electron chi connectivity index (χ4n) is 2.99. The van der Waals surface area contributed by atoms with Crippen LogP contribution in [0.5, 0.6) is 11.5 Å². The van der Waals surface area contributed by atoms with Gasteiger partial charge in [0.15, 0.2) is 21.3 Å². The molecule has 7 nitrogen and oxygen atoms in total. The van der Waals surface area contributed by atoms with Crippen LogP contribution in [0.4, 0.5) is 0 Å². The minimum atomic E-state index is -3.80. The Hall–Kier alpha value is -3.26. The van der Waals surface area contributed by atoms with E-state index in [1.807, 2.05) is 6.92 Å². The van der Waals surface area contributed by atoms with Crippen LogP contribution in [0.25, 0.3) is 0 Å². The molecule has 8 heteroatoms. The molecule has 1 heterocycles. The third-order valence-electron chi connectivity index (χ3n) is 4.68. The molecule has 0 bridgehead atoms. The monoisotopic (exact) mass is 429 g/mol. The van der Waals surface area contributed by atoms with Crippen LogP contribution in [0.3, 0.4) is 0 Å². The summed E-state index contributed by atoms with van der Waals surface area (Å²) in [6, 6.07) is 14.5. The van der Waals surface area contributed by atoms with E-state index in [1.165, 1.54) is 26.5 Å². The lowest BCUT2D eigenvalue weighted by Crippen LogP contribution is -2.31. The van der Waals surface area contributed by atoms with E-state index in [-0.39, 0.29) is 17.2 Å². The molecule has 0 saturated heterocycles. The van der Waals surface area contributed by atoms with Crippen LogP contribution in [0, 0.1) is 6.92 Å². The molecule has 1 aromatic heterocycles. The topological polar surface area (TPSA) is 94.8 Å². The molecule has 0 radical (unpaired) electrons. The number of carbonyl (C=O) groups is 1. The molecule has 2 aromatic carbocycles. The minimum absolute atomic E-state index is 0.156. The first-order valence-corrected chi connectivity index (χ1v) is 10.8. The zero-order valence-corrected chi connectivity index (χ0v) is 17.7. The summed E-state index contributed by atoms with van der Waals surface area (Å²) in [7, 11) is -0.821. The summed E-state index contributed by atoms with van der Waals surface area (Å²) in [5.74, 6) is 0.708. The van der Waals surface area contributed by atoms with Gasteiger partial charge in [0, 0.05) is 12.1 Å². The van der Waals surface area contributed by atoms with Crippen molar-refractivity contribution >= 4 is 15.7 Å². The van der Waals surface area contributed by atoms with Crippen molar-refractivity contribution in [2.75, 3.05) is 20.8 Å². The summed E-state index contributed by atoms with van der Waals surface area (Å²) in [5, 5.41) is 1.62. The van der Waals surface area contributed by atoms with Crippen LogP contribution in [0.15, 0.2) is 70.2 Å². The highest BCUT2D eigenvalue weighted by molar-refractivity contribution is 7.91. The lowest BCUT2D eigenvalue weighted by molar-refractivity contribution is 0.0953. The molecule has 0 saturated carbocycles. The Morgan fingerprint density at radius 1 is 1.03 bits per heavy atom. The van der Waals surface area contributed by atoms with Crippen LogP contribution in [0.1, 0.15) is 26.9 Å². The first-order chi connectivity index (χ1) is 14.4. The van der Waals surface area contributed by atoms with Crippen molar-refractivity contribution in [3.8, 4) is 11.5 Å². The number of benzene rings is 2. The number of furan rings is 1. The van der Waals surface area contributed by atoms with Gasteiger partial charge in [0.25, 0.3) is 5.91 Å². The summed E-state index contributed by atoms with van der Waals surface area (Å²) in [6.45, 7) is 1.72. The Balaban J connectivity index is 1.85. The van der Waals surface area contributed by atoms with Crippen LogP contribution in [0.2, 0.25) is 0 Å². The first-order valence-electron chi connectivity index (χ1n) is 9.21. The minimum Gasteiger partial charge on any atom is -0.493 e. The molecule has 3 rings (SSSR count). The zero-order valence-electron chi connectivity index (χ0n) is 16.9. The molecular formula is C22H23NO6S. The lowest BCUT2D eigenvalue weighted by Gasteiger charge is -2.17. The van der Waals surface area contributed by atoms with Crippen LogP contribution in [-0.4, -0.2) is 35.1 Å². The largest absolute Gasteiger partial charge is 0.493 e. The molecule has 1 atom stereocenters. The molecule has 0 aliphatic heterocycles. The summed E-state index contributed by atoms with van der Waals surface area (Å²) in [5.41, 5.74) is 1.27. The summed E-state index contributed by atoms with van der Waals surface area (Å²) >= 11 is 0. The maximum atomic E-state index is 13.2. The van der Waals surface area contributed by atoms with Gasteiger partial charge >= 0.3 is 0 Å². The Bertz CT molecular complexity index is 1110. The van der Waals surface area contributed by atoms with Crippen molar-refractivity contribution in [1.29, 1.82) is 0 Å². The average molecular weight is 429 g/mol. The van der Waals surface area contributed by atoms with Gasteiger partial charge in [-0.15, -0.1) is 0 Å². The molecule has 1 N–H and O–H groups in total. The lowest BCUT2D eigenvalue weighted by atomic mass is 10.2. The van der Waals surface area contributed by atoms with E-state index in [4.69, 9.17) is 13.9 Å². The van der Waals surface area contributed by atoms with Crippen LogP contribution in [-0.2, 0) is 9.84 Å². The number of rotatable bonds is 8. The molecule has 158 valence electrons. The van der Waals surface area contributed by atoms with E-state index in [1.54, 1.807) is 48.5 Å². The van der Waals surface area contributed by atoms with Crippen LogP contribution >= 0.6 is 0 Å². The maximum Gasteiger partial charge on any atom is 0.251 e. The zero-order chi connectivity index (χ0) is 21.7. The van der Waals surface area contributed by atoms with Crippen molar-refractivity contribution in [3.63, 3.8) is 0 Å².